The fourth-order valence-electron chi connectivity index (χ4n) is 1.93. The van der Waals surface area contributed by atoms with E-state index in [2.05, 4.69) is 15.3 Å². The van der Waals surface area contributed by atoms with Crippen LogP contribution in [-0.4, -0.2) is 25.6 Å². The van der Waals surface area contributed by atoms with E-state index >= 15 is 0 Å². The number of imidazole rings is 1. The average Bonchev–Trinajstić information content (AvgIpc) is 3.00. The molecule has 0 bridgehead atoms. The highest BCUT2D eigenvalue weighted by Crippen LogP contribution is 2.24. The summed E-state index contributed by atoms with van der Waals surface area (Å²) in [6.07, 6.45) is 4.30. The quantitative estimate of drug-likeness (QED) is 0.772. The Balaban J connectivity index is 1.94. The molecule has 0 saturated heterocycles. The summed E-state index contributed by atoms with van der Waals surface area (Å²) in [5.41, 5.74) is 1.43. The van der Waals surface area contributed by atoms with Gasteiger partial charge in [-0.15, -0.1) is 0 Å². The number of carbonyl (C=O) groups is 1. The van der Waals surface area contributed by atoms with E-state index in [9.17, 15) is 4.79 Å². The van der Waals surface area contributed by atoms with Crippen LogP contribution in [0, 0.1) is 0 Å². The molecule has 6 nitrogen and oxygen atoms in total. The van der Waals surface area contributed by atoms with Crippen molar-refractivity contribution in [2.75, 3.05) is 5.32 Å². The molecule has 0 amide bonds. The molecule has 2 aromatic heterocycles. The molecular weight excluding hydrogens is 304 g/mol. The Labute approximate surface area is 131 Å². The summed E-state index contributed by atoms with van der Waals surface area (Å²) >= 11 is 6.14. The van der Waals surface area contributed by atoms with E-state index < -0.39 is 5.97 Å². The van der Waals surface area contributed by atoms with Gasteiger partial charge in [-0.2, -0.15) is 0 Å². The second kappa shape index (κ2) is 5.87. The minimum Gasteiger partial charge on any atom is -0.476 e. The molecule has 3 aromatic rings. The third-order valence-electron chi connectivity index (χ3n) is 2.96. The molecule has 1 aromatic carbocycles. The molecule has 0 aliphatic heterocycles. The lowest BCUT2D eigenvalue weighted by Crippen LogP contribution is -1.99. The summed E-state index contributed by atoms with van der Waals surface area (Å²) < 4.78 is 1.55. The largest absolute Gasteiger partial charge is 0.476 e. The summed E-state index contributed by atoms with van der Waals surface area (Å²) in [6.45, 7) is 0. The summed E-state index contributed by atoms with van der Waals surface area (Å²) in [7, 11) is 0. The molecule has 2 heterocycles. The fraction of sp³-hybridized carbons (Fsp3) is 0. The predicted octanol–water partition coefficient (Wildman–Crippen LogP) is 3.36. The molecule has 7 heteroatoms. The van der Waals surface area contributed by atoms with Gasteiger partial charge >= 0.3 is 5.97 Å². The summed E-state index contributed by atoms with van der Waals surface area (Å²) in [4.78, 5) is 18.9. The number of anilines is 2. The van der Waals surface area contributed by atoms with Gasteiger partial charge in [0.1, 0.15) is 12.1 Å². The van der Waals surface area contributed by atoms with E-state index in [-0.39, 0.29) is 5.69 Å². The van der Waals surface area contributed by atoms with Crippen molar-refractivity contribution in [3.8, 4) is 5.69 Å². The zero-order valence-corrected chi connectivity index (χ0v) is 12.0. The first-order valence-electron chi connectivity index (χ1n) is 6.39. The van der Waals surface area contributed by atoms with Gasteiger partial charge in [-0.05, 0) is 12.1 Å². The molecule has 2 N–H and O–H groups in total. The number of aromatic carboxylic acids is 1. The molecule has 0 atom stereocenters. The molecule has 3 rings (SSSR count). The Morgan fingerprint density at radius 2 is 2.00 bits per heavy atom. The first-order chi connectivity index (χ1) is 10.6. The van der Waals surface area contributed by atoms with Crippen LogP contribution in [0.2, 0.25) is 5.02 Å². The Hall–Kier alpha value is -2.86. The van der Waals surface area contributed by atoms with Crippen LogP contribution in [0.15, 0.2) is 55.1 Å². The first kappa shape index (κ1) is 14.1. The summed E-state index contributed by atoms with van der Waals surface area (Å²) in [5.74, 6) is -0.497. The minimum atomic E-state index is -1.09. The van der Waals surface area contributed by atoms with Crippen molar-refractivity contribution in [2.45, 2.75) is 0 Å². The van der Waals surface area contributed by atoms with E-state index in [1.165, 1.54) is 18.7 Å². The molecule has 0 radical (unpaired) electrons. The maximum absolute atomic E-state index is 10.9. The Morgan fingerprint density at radius 1 is 1.23 bits per heavy atom. The van der Waals surface area contributed by atoms with Crippen molar-refractivity contribution in [3.05, 3.63) is 65.8 Å². The number of benzene rings is 1. The van der Waals surface area contributed by atoms with Crippen LogP contribution >= 0.6 is 11.6 Å². The van der Waals surface area contributed by atoms with Crippen molar-refractivity contribution in [1.29, 1.82) is 0 Å². The van der Waals surface area contributed by atoms with Gasteiger partial charge in [0.25, 0.3) is 0 Å². The van der Waals surface area contributed by atoms with Gasteiger partial charge in [0.2, 0.25) is 0 Å². The zero-order chi connectivity index (χ0) is 15.5. The zero-order valence-electron chi connectivity index (χ0n) is 11.3. The lowest BCUT2D eigenvalue weighted by Gasteiger charge is -2.09. The van der Waals surface area contributed by atoms with Gasteiger partial charge in [0.05, 0.1) is 16.9 Å². The second-order valence-electron chi connectivity index (χ2n) is 4.48. The van der Waals surface area contributed by atoms with E-state index in [1.54, 1.807) is 10.6 Å². The molecule has 22 heavy (non-hydrogen) atoms. The number of aromatic nitrogens is 3. The number of halogens is 1. The van der Waals surface area contributed by atoms with Crippen molar-refractivity contribution in [2.24, 2.45) is 0 Å². The topological polar surface area (TPSA) is 80.0 Å². The predicted molar refractivity (Wildman–Crippen MR) is 83.1 cm³/mol. The van der Waals surface area contributed by atoms with Crippen LogP contribution in [0.25, 0.3) is 5.69 Å². The molecule has 0 spiro atoms. The number of carboxylic acid groups (broad SMARTS) is 1. The van der Waals surface area contributed by atoms with Crippen LogP contribution in [-0.2, 0) is 0 Å². The molecule has 0 fully saturated rings. The van der Waals surface area contributed by atoms with Gasteiger partial charge in [-0.3, -0.25) is 0 Å². The third kappa shape index (κ3) is 2.91. The molecule has 110 valence electrons. The van der Waals surface area contributed by atoms with Crippen LogP contribution in [0.5, 0.6) is 0 Å². The number of hydrogen-bond acceptors (Lipinski definition) is 4. The number of nitrogens with zero attached hydrogens (tertiary/aromatic N) is 3. The highest BCUT2D eigenvalue weighted by Gasteiger charge is 2.11. The number of rotatable bonds is 4. The van der Waals surface area contributed by atoms with Gasteiger partial charge in [-0.25, -0.2) is 14.8 Å². The molecule has 0 aliphatic rings. The SMILES string of the molecule is O=C(O)c1cn(-c2cc(Nc3ccccc3)ncc2Cl)cn1. The Kier molecular flexibility index (Phi) is 3.76. The Morgan fingerprint density at radius 3 is 2.68 bits per heavy atom. The second-order valence-corrected chi connectivity index (χ2v) is 4.89. The maximum Gasteiger partial charge on any atom is 0.356 e. The van der Waals surface area contributed by atoms with Crippen LogP contribution in [0.3, 0.4) is 0 Å². The number of carboxylic acids is 1. The van der Waals surface area contributed by atoms with E-state index in [4.69, 9.17) is 16.7 Å². The normalized spacial score (nSPS) is 10.4. The van der Waals surface area contributed by atoms with E-state index in [0.717, 1.165) is 5.69 Å². The van der Waals surface area contributed by atoms with Crippen LogP contribution in [0.4, 0.5) is 11.5 Å². The standard InChI is InChI=1S/C15H11ClN4O2/c16-11-7-17-14(19-10-4-2-1-3-5-10)6-13(11)20-8-12(15(21)22)18-9-20/h1-9H,(H,17,19)(H,21,22). The highest BCUT2D eigenvalue weighted by atomic mass is 35.5. The monoisotopic (exact) mass is 314 g/mol. The molecular formula is C15H11ClN4O2. The first-order valence-corrected chi connectivity index (χ1v) is 6.76. The molecule has 0 unspecified atom stereocenters. The average molecular weight is 315 g/mol. The lowest BCUT2D eigenvalue weighted by molar-refractivity contribution is 0.0691. The highest BCUT2D eigenvalue weighted by molar-refractivity contribution is 6.32. The van der Waals surface area contributed by atoms with Crippen molar-refractivity contribution in [1.82, 2.24) is 14.5 Å². The summed E-state index contributed by atoms with van der Waals surface area (Å²) in [6, 6.07) is 11.3. The smallest absolute Gasteiger partial charge is 0.356 e. The third-order valence-corrected chi connectivity index (χ3v) is 3.25. The number of hydrogen-bond donors (Lipinski definition) is 2. The molecule has 0 aliphatic carbocycles. The van der Waals surface area contributed by atoms with Crippen LogP contribution in [0.1, 0.15) is 10.5 Å². The number of nitrogens with one attached hydrogen (secondary N) is 1. The van der Waals surface area contributed by atoms with Crippen molar-refractivity contribution < 1.29 is 9.90 Å². The van der Waals surface area contributed by atoms with Gasteiger partial charge in [0, 0.05) is 18.0 Å². The fourth-order valence-corrected chi connectivity index (χ4v) is 2.13. The van der Waals surface area contributed by atoms with Crippen molar-refractivity contribution in [3.63, 3.8) is 0 Å². The Bertz CT molecular complexity index is 817. The van der Waals surface area contributed by atoms with E-state index in [1.807, 2.05) is 30.3 Å². The van der Waals surface area contributed by atoms with Crippen molar-refractivity contribution >= 4 is 29.1 Å². The van der Waals surface area contributed by atoms with Gasteiger partial charge in [-0.1, -0.05) is 29.8 Å². The number of pyridine rings is 1. The van der Waals surface area contributed by atoms with Gasteiger partial charge in [0.15, 0.2) is 5.69 Å². The molecule has 0 saturated carbocycles. The van der Waals surface area contributed by atoms with E-state index in [0.29, 0.717) is 16.5 Å². The lowest BCUT2D eigenvalue weighted by atomic mass is 10.3. The van der Waals surface area contributed by atoms with Crippen LogP contribution < -0.4 is 5.32 Å². The summed E-state index contributed by atoms with van der Waals surface area (Å²) in [5, 5.41) is 12.5. The number of para-hydroxylation sites is 1. The minimum absolute atomic E-state index is 0.0505. The maximum atomic E-state index is 10.9. The van der Waals surface area contributed by atoms with Gasteiger partial charge < -0.3 is 15.0 Å².